The Kier molecular flexibility index (Phi) is 5.89. The molecule has 0 aliphatic rings. The third-order valence-electron chi connectivity index (χ3n) is 4.74. The summed E-state index contributed by atoms with van der Waals surface area (Å²) in [4.78, 5) is 12.8. The van der Waals surface area contributed by atoms with E-state index >= 15 is 0 Å². The maximum absolute atomic E-state index is 14.5. The number of carbonyl (C=O) groups excluding carboxylic acids is 1. The number of halogens is 3. The van der Waals surface area contributed by atoms with E-state index in [4.69, 9.17) is 0 Å². The Hall–Kier alpha value is -3.32. The van der Waals surface area contributed by atoms with Gasteiger partial charge in [0.25, 0.3) is 0 Å². The van der Waals surface area contributed by atoms with E-state index in [2.05, 4.69) is 11.8 Å². The smallest absolute Gasteiger partial charge is 0.294 e. The fourth-order valence-corrected chi connectivity index (χ4v) is 3.06. The number of carbonyl (C=O) groups is 1. The molecule has 3 aromatic rings. The lowest BCUT2D eigenvalue weighted by Gasteiger charge is -2.31. The van der Waals surface area contributed by atoms with Crippen LogP contribution in [0.3, 0.4) is 0 Å². The number of rotatable bonds is 4. The van der Waals surface area contributed by atoms with Crippen molar-refractivity contribution in [3.05, 3.63) is 107 Å². The second-order valence-electron chi connectivity index (χ2n) is 6.85. The Labute approximate surface area is 168 Å². The highest BCUT2D eigenvalue weighted by molar-refractivity contribution is 5.97. The van der Waals surface area contributed by atoms with E-state index in [9.17, 15) is 18.0 Å². The molecule has 4 heteroatoms. The number of aryl methyl sites for hydroxylation is 1. The van der Waals surface area contributed by atoms with Crippen molar-refractivity contribution >= 4 is 5.78 Å². The van der Waals surface area contributed by atoms with Crippen LogP contribution in [0.2, 0.25) is 0 Å². The molecule has 0 spiro atoms. The van der Waals surface area contributed by atoms with E-state index < -0.39 is 23.8 Å². The summed E-state index contributed by atoms with van der Waals surface area (Å²) in [5, 5.41) is 0. The van der Waals surface area contributed by atoms with E-state index in [-0.39, 0.29) is 11.1 Å². The summed E-state index contributed by atoms with van der Waals surface area (Å²) in [5.41, 5.74) is -1.13. The van der Waals surface area contributed by atoms with Crippen molar-refractivity contribution in [3.8, 4) is 11.8 Å². The molecule has 0 radical (unpaired) electrons. The number of hydrogen-bond acceptors (Lipinski definition) is 1. The molecule has 0 heterocycles. The predicted octanol–water partition coefficient (Wildman–Crippen LogP) is 6.12. The van der Waals surface area contributed by atoms with Gasteiger partial charge in [0.05, 0.1) is 0 Å². The highest BCUT2D eigenvalue weighted by atomic mass is 19.4. The highest BCUT2D eigenvalue weighted by Gasteiger charge is 2.56. The van der Waals surface area contributed by atoms with Gasteiger partial charge in [0.1, 0.15) is 0 Å². The third kappa shape index (κ3) is 4.57. The van der Waals surface area contributed by atoms with Crippen LogP contribution >= 0.6 is 0 Å². The molecule has 29 heavy (non-hydrogen) atoms. The maximum atomic E-state index is 14.5. The van der Waals surface area contributed by atoms with Crippen LogP contribution in [0, 0.1) is 18.8 Å². The third-order valence-corrected chi connectivity index (χ3v) is 4.74. The molecule has 1 atom stereocenters. The summed E-state index contributed by atoms with van der Waals surface area (Å²) in [5.74, 6) is 4.46. The quantitative estimate of drug-likeness (QED) is 0.386. The zero-order valence-corrected chi connectivity index (χ0v) is 15.8. The maximum Gasteiger partial charge on any atom is 0.409 e. The lowest BCUT2D eigenvalue weighted by Crippen LogP contribution is -2.43. The monoisotopic (exact) mass is 392 g/mol. The Morgan fingerprint density at radius 1 is 0.828 bits per heavy atom. The van der Waals surface area contributed by atoms with Gasteiger partial charge in [0, 0.05) is 17.5 Å². The first-order chi connectivity index (χ1) is 13.8. The van der Waals surface area contributed by atoms with Gasteiger partial charge in [-0.2, -0.15) is 13.2 Å². The van der Waals surface area contributed by atoms with Gasteiger partial charge in [-0.25, -0.2) is 0 Å². The van der Waals surface area contributed by atoms with Crippen LogP contribution in [0.4, 0.5) is 13.2 Å². The average molecular weight is 392 g/mol. The molecule has 0 aliphatic heterocycles. The second-order valence-corrected chi connectivity index (χ2v) is 6.85. The van der Waals surface area contributed by atoms with E-state index in [1.165, 1.54) is 24.3 Å². The number of ketones is 1. The van der Waals surface area contributed by atoms with Gasteiger partial charge in [-0.1, -0.05) is 90.2 Å². The number of benzene rings is 3. The molecule has 3 rings (SSSR count). The first-order valence-electron chi connectivity index (χ1n) is 9.12. The Morgan fingerprint density at radius 3 is 1.93 bits per heavy atom. The Morgan fingerprint density at radius 2 is 1.38 bits per heavy atom. The molecular weight excluding hydrogens is 373 g/mol. The fraction of sp³-hybridized carbons (Fsp3) is 0.160. The number of hydrogen-bond donors (Lipinski definition) is 0. The first kappa shape index (κ1) is 20.4. The standard InChI is InChI=1S/C25H19F3O/c1-19-12-14-22(15-13-19)24(25(26,27)28,17-16-20-8-4-2-5-9-20)18-23(29)21-10-6-3-7-11-21/h2-15H,18H2,1H3. The van der Waals surface area contributed by atoms with Crippen LogP contribution in [0.15, 0.2) is 84.9 Å². The SMILES string of the molecule is Cc1ccc(C(C#Cc2ccccc2)(CC(=O)c2ccccc2)C(F)(F)F)cc1. The zero-order valence-electron chi connectivity index (χ0n) is 15.8. The van der Waals surface area contributed by atoms with Gasteiger partial charge in [-0.05, 0) is 24.6 Å². The van der Waals surface area contributed by atoms with E-state index in [1.807, 2.05) is 0 Å². The largest absolute Gasteiger partial charge is 0.409 e. The summed E-state index contributed by atoms with van der Waals surface area (Å²) >= 11 is 0. The minimum atomic E-state index is -4.74. The van der Waals surface area contributed by atoms with Crippen LogP contribution in [-0.2, 0) is 5.41 Å². The van der Waals surface area contributed by atoms with E-state index in [1.54, 1.807) is 67.6 Å². The second kappa shape index (κ2) is 8.36. The van der Waals surface area contributed by atoms with Gasteiger partial charge in [-0.3, -0.25) is 4.79 Å². The minimum absolute atomic E-state index is 0.0386. The van der Waals surface area contributed by atoms with Crippen molar-refractivity contribution in [2.45, 2.75) is 24.9 Å². The van der Waals surface area contributed by atoms with Gasteiger partial charge in [0.15, 0.2) is 11.2 Å². The van der Waals surface area contributed by atoms with Crippen LogP contribution in [0.1, 0.15) is 33.5 Å². The van der Waals surface area contributed by atoms with Gasteiger partial charge in [-0.15, -0.1) is 0 Å². The van der Waals surface area contributed by atoms with E-state index in [0.717, 1.165) is 5.56 Å². The van der Waals surface area contributed by atoms with Gasteiger partial charge in [0.2, 0.25) is 0 Å². The summed E-state index contributed by atoms with van der Waals surface area (Å²) in [7, 11) is 0. The molecule has 0 N–H and O–H groups in total. The molecule has 1 nitrogen and oxygen atoms in total. The van der Waals surface area contributed by atoms with Gasteiger partial charge >= 0.3 is 6.18 Å². The molecule has 0 bridgehead atoms. The Bertz CT molecular complexity index is 1030. The summed E-state index contributed by atoms with van der Waals surface area (Å²) in [6, 6.07) is 22.5. The van der Waals surface area contributed by atoms with Crippen LogP contribution < -0.4 is 0 Å². The van der Waals surface area contributed by atoms with Crippen molar-refractivity contribution in [1.82, 2.24) is 0 Å². The van der Waals surface area contributed by atoms with Crippen molar-refractivity contribution < 1.29 is 18.0 Å². The topological polar surface area (TPSA) is 17.1 Å². The summed E-state index contributed by atoms with van der Waals surface area (Å²) in [6.07, 6.45) is -5.53. The molecule has 0 aliphatic carbocycles. The first-order valence-corrected chi connectivity index (χ1v) is 9.12. The molecule has 0 saturated carbocycles. The minimum Gasteiger partial charge on any atom is -0.294 e. The lowest BCUT2D eigenvalue weighted by molar-refractivity contribution is -0.172. The van der Waals surface area contributed by atoms with Crippen LogP contribution in [0.5, 0.6) is 0 Å². The molecule has 0 saturated heterocycles. The molecule has 1 unspecified atom stereocenters. The van der Waals surface area contributed by atoms with Gasteiger partial charge < -0.3 is 0 Å². The van der Waals surface area contributed by atoms with E-state index in [0.29, 0.717) is 5.56 Å². The van der Waals surface area contributed by atoms with Crippen molar-refractivity contribution in [2.75, 3.05) is 0 Å². The predicted molar refractivity (Wildman–Crippen MR) is 108 cm³/mol. The Balaban J connectivity index is 2.16. The summed E-state index contributed by atoms with van der Waals surface area (Å²) < 4.78 is 43.5. The normalized spacial score (nSPS) is 13.1. The molecule has 146 valence electrons. The molecule has 0 fully saturated rings. The van der Waals surface area contributed by atoms with Crippen molar-refractivity contribution in [1.29, 1.82) is 0 Å². The number of Topliss-reactive ketones (excluding diaryl/α,β-unsaturated/α-hetero) is 1. The fourth-order valence-electron chi connectivity index (χ4n) is 3.06. The van der Waals surface area contributed by atoms with Crippen LogP contribution in [-0.4, -0.2) is 12.0 Å². The average Bonchev–Trinajstić information content (AvgIpc) is 2.72. The molecule has 0 amide bonds. The molecule has 0 aromatic heterocycles. The van der Waals surface area contributed by atoms with Crippen molar-refractivity contribution in [2.24, 2.45) is 0 Å². The number of alkyl halides is 3. The summed E-state index contributed by atoms with van der Waals surface area (Å²) in [6.45, 7) is 1.80. The molecular formula is C25H19F3O. The zero-order chi connectivity index (χ0) is 20.9. The molecule has 3 aromatic carbocycles. The van der Waals surface area contributed by atoms with Crippen molar-refractivity contribution in [3.63, 3.8) is 0 Å². The highest BCUT2D eigenvalue weighted by Crippen LogP contribution is 2.44. The van der Waals surface area contributed by atoms with Crippen LogP contribution in [0.25, 0.3) is 0 Å². The lowest BCUT2D eigenvalue weighted by atomic mass is 9.75.